The van der Waals surface area contributed by atoms with Crippen molar-refractivity contribution in [2.75, 3.05) is 19.6 Å². The first kappa shape index (κ1) is 15.0. The second kappa shape index (κ2) is 6.85. The van der Waals surface area contributed by atoms with Gasteiger partial charge < -0.3 is 21.1 Å². The molecule has 0 bridgehead atoms. The van der Waals surface area contributed by atoms with Gasteiger partial charge in [0.25, 0.3) is 0 Å². The quantitative estimate of drug-likeness (QED) is 0.567. The van der Waals surface area contributed by atoms with Gasteiger partial charge in [0.1, 0.15) is 12.6 Å². The standard InChI is InChI=1S/C14H17N3O4/c18-11(16-8-12(19)20)7-17-14(21)13-10-4-2-1-3-9(10)5-6-15-13/h1-4,13,15H,5-8H2,(H,16,18)(H,17,21)(H,19,20). The molecule has 1 heterocycles. The molecule has 0 saturated carbocycles. The van der Waals surface area contributed by atoms with E-state index in [0.29, 0.717) is 6.54 Å². The lowest BCUT2D eigenvalue weighted by Gasteiger charge is -2.25. The molecule has 0 fully saturated rings. The molecule has 7 nitrogen and oxygen atoms in total. The second-order valence-electron chi connectivity index (χ2n) is 4.72. The van der Waals surface area contributed by atoms with Gasteiger partial charge in [-0.1, -0.05) is 24.3 Å². The van der Waals surface area contributed by atoms with Crippen molar-refractivity contribution in [1.82, 2.24) is 16.0 Å². The van der Waals surface area contributed by atoms with Crippen molar-refractivity contribution >= 4 is 17.8 Å². The van der Waals surface area contributed by atoms with Crippen molar-refractivity contribution in [3.63, 3.8) is 0 Å². The van der Waals surface area contributed by atoms with E-state index in [-0.39, 0.29) is 12.5 Å². The molecular formula is C14H17N3O4. The van der Waals surface area contributed by atoms with Crippen molar-refractivity contribution in [2.45, 2.75) is 12.5 Å². The van der Waals surface area contributed by atoms with E-state index in [0.717, 1.165) is 17.5 Å². The summed E-state index contributed by atoms with van der Waals surface area (Å²) in [6, 6.07) is 7.18. The minimum atomic E-state index is -1.13. The van der Waals surface area contributed by atoms with Crippen molar-refractivity contribution < 1.29 is 19.5 Å². The van der Waals surface area contributed by atoms with Crippen LogP contribution in [0.1, 0.15) is 17.2 Å². The van der Waals surface area contributed by atoms with Crippen LogP contribution in [0.3, 0.4) is 0 Å². The van der Waals surface area contributed by atoms with E-state index in [1.165, 1.54) is 0 Å². The van der Waals surface area contributed by atoms with Gasteiger partial charge in [-0.25, -0.2) is 0 Å². The fourth-order valence-corrected chi connectivity index (χ4v) is 2.24. The number of aliphatic carboxylic acids is 1. The Labute approximate surface area is 121 Å². The molecular weight excluding hydrogens is 274 g/mol. The Morgan fingerprint density at radius 2 is 1.95 bits per heavy atom. The molecule has 0 radical (unpaired) electrons. The number of rotatable bonds is 5. The maximum absolute atomic E-state index is 12.1. The molecule has 7 heteroatoms. The lowest BCUT2D eigenvalue weighted by atomic mass is 9.94. The van der Waals surface area contributed by atoms with Crippen LogP contribution >= 0.6 is 0 Å². The summed E-state index contributed by atoms with van der Waals surface area (Å²) in [5.74, 6) is -1.96. The normalized spacial score (nSPS) is 16.7. The minimum absolute atomic E-state index is 0.244. The Morgan fingerprint density at radius 3 is 2.71 bits per heavy atom. The highest BCUT2D eigenvalue weighted by Gasteiger charge is 2.25. The predicted octanol–water partition coefficient (Wildman–Crippen LogP) is -0.810. The number of carbonyl (C=O) groups is 3. The molecule has 0 spiro atoms. The molecule has 1 aromatic carbocycles. The van der Waals surface area contributed by atoms with Crippen molar-refractivity contribution in [1.29, 1.82) is 0 Å². The second-order valence-corrected chi connectivity index (χ2v) is 4.72. The van der Waals surface area contributed by atoms with Gasteiger partial charge in [-0.05, 0) is 17.5 Å². The summed E-state index contributed by atoms with van der Waals surface area (Å²) in [6.45, 7) is -0.00795. The number of hydrogen-bond donors (Lipinski definition) is 4. The number of carbonyl (C=O) groups excluding carboxylic acids is 2. The third kappa shape index (κ3) is 4.03. The predicted molar refractivity (Wildman–Crippen MR) is 74.5 cm³/mol. The van der Waals surface area contributed by atoms with Crippen LogP contribution in [-0.4, -0.2) is 42.5 Å². The summed E-state index contributed by atoms with van der Waals surface area (Å²) in [7, 11) is 0. The third-order valence-corrected chi connectivity index (χ3v) is 3.23. The van der Waals surface area contributed by atoms with Gasteiger partial charge in [-0.2, -0.15) is 0 Å². The van der Waals surface area contributed by atoms with Gasteiger partial charge >= 0.3 is 5.97 Å². The van der Waals surface area contributed by atoms with Crippen LogP contribution in [-0.2, 0) is 20.8 Å². The van der Waals surface area contributed by atoms with Crippen LogP contribution < -0.4 is 16.0 Å². The number of amides is 2. The number of nitrogens with one attached hydrogen (secondary N) is 3. The molecule has 0 aromatic heterocycles. The summed E-state index contributed by atoms with van der Waals surface area (Å²) in [5, 5.41) is 16.2. The van der Waals surface area contributed by atoms with Crippen molar-refractivity contribution in [3.05, 3.63) is 35.4 Å². The fraction of sp³-hybridized carbons (Fsp3) is 0.357. The molecule has 0 saturated heterocycles. The molecule has 21 heavy (non-hydrogen) atoms. The zero-order valence-corrected chi connectivity index (χ0v) is 11.4. The smallest absolute Gasteiger partial charge is 0.322 e. The molecule has 2 rings (SSSR count). The highest BCUT2D eigenvalue weighted by molar-refractivity contribution is 5.89. The summed E-state index contributed by atoms with van der Waals surface area (Å²) in [5.41, 5.74) is 2.03. The highest BCUT2D eigenvalue weighted by Crippen LogP contribution is 2.22. The molecule has 1 aliphatic rings. The third-order valence-electron chi connectivity index (χ3n) is 3.23. The van der Waals surface area contributed by atoms with Gasteiger partial charge in [0.05, 0.1) is 6.54 Å². The molecule has 112 valence electrons. The van der Waals surface area contributed by atoms with E-state index in [9.17, 15) is 14.4 Å². The average Bonchev–Trinajstić information content (AvgIpc) is 2.50. The lowest BCUT2D eigenvalue weighted by Crippen LogP contribution is -2.45. The Balaban J connectivity index is 1.90. The van der Waals surface area contributed by atoms with E-state index in [1.54, 1.807) is 0 Å². The van der Waals surface area contributed by atoms with E-state index in [4.69, 9.17) is 5.11 Å². The molecule has 2 amide bonds. The Bertz CT molecular complexity index is 559. The molecule has 1 atom stereocenters. The maximum atomic E-state index is 12.1. The van der Waals surface area contributed by atoms with Gasteiger partial charge in [0.2, 0.25) is 11.8 Å². The first-order chi connectivity index (χ1) is 10.1. The van der Waals surface area contributed by atoms with Crippen LogP contribution in [0.25, 0.3) is 0 Å². The highest BCUT2D eigenvalue weighted by atomic mass is 16.4. The lowest BCUT2D eigenvalue weighted by molar-refractivity contribution is -0.137. The van der Waals surface area contributed by atoms with Crippen LogP contribution in [0, 0.1) is 0 Å². The Morgan fingerprint density at radius 1 is 1.19 bits per heavy atom. The molecule has 1 unspecified atom stereocenters. The number of benzene rings is 1. The van der Waals surface area contributed by atoms with E-state index < -0.39 is 24.5 Å². The summed E-state index contributed by atoms with van der Waals surface area (Å²) in [4.78, 5) is 33.8. The maximum Gasteiger partial charge on any atom is 0.322 e. The van der Waals surface area contributed by atoms with E-state index >= 15 is 0 Å². The van der Waals surface area contributed by atoms with Gasteiger partial charge in [0, 0.05) is 6.54 Å². The Kier molecular flexibility index (Phi) is 4.89. The number of carboxylic acids is 1. The topological polar surface area (TPSA) is 108 Å². The molecule has 1 aliphatic heterocycles. The van der Waals surface area contributed by atoms with Gasteiger partial charge in [0.15, 0.2) is 0 Å². The van der Waals surface area contributed by atoms with Crippen LogP contribution in [0.15, 0.2) is 24.3 Å². The van der Waals surface area contributed by atoms with Gasteiger partial charge in [-0.15, -0.1) is 0 Å². The fourth-order valence-electron chi connectivity index (χ4n) is 2.24. The molecule has 1 aromatic rings. The van der Waals surface area contributed by atoms with Gasteiger partial charge in [-0.3, -0.25) is 14.4 Å². The minimum Gasteiger partial charge on any atom is -0.480 e. The van der Waals surface area contributed by atoms with E-state index in [1.807, 2.05) is 24.3 Å². The first-order valence-corrected chi connectivity index (χ1v) is 6.65. The first-order valence-electron chi connectivity index (χ1n) is 6.65. The largest absolute Gasteiger partial charge is 0.480 e. The number of hydrogen-bond acceptors (Lipinski definition) is 4. The summed E-state index contributed by atoms with van der Waals surface area (Å²) in [6.07, 6.45) is 0.860. The summed E-state index contributed by atoms with van der Waals surface area (Å²) < 4.78 is 0. The van der Waals surface area contributed by atoms with E-state index in [2.05, 4.69) is 16.0 Å². The average molecular weight is 291 g/mol. The van der Waals surface area contributed by atoms with Crippen LogP contribution in [0.2, 0.25) is 0 Å². The number of carboxylic acid groups (broad SMARTS) is 1. The number of fused-ring (bicyclic) bond motifs is 1. The zero-order valence-electron chi connectivity index (χ0n) is 11.4. The monoisotopic (exact) mass is 291 g/mol. The van der Waals surface area contributed by atoms with Crippen molar-refractivity contribution in [3.8, 4) is 0 Å². The Hall–Kier alpha value is -2.41. The van der Waals surface area contributed by atoms with Crippen LogP contribution in [0.5, 0.6) is 0 Å². The molecule has 0 aliphatic carbocycles. The zero-order chi connectivity index (χ0) is 15.2. The molecule has 4 N–H and O–H groups in total. The summed E-state index contributed by atoms with van der Waals surface area (Å²) >= 11 is 0. The van der Waals surface area contributed by atoms with Crippen molar-refractivity contribution in [2.24, 2.45) is 0 Å². The SMILES string of the molecule is O=C(O)CNC(=O)CNC(=O)C1NCCc2ccccc21. The van der Waals surface area contributed by atoms with Crippen LogP contribution in [0.4, 0.5) is 0 Å².